The molecular formula is C17H30N2O2. The van der Waals surface area contributed by atoms with Crippen LogP contribution in [0.4, 0.5) is 0 Å². The smallest absolute Gasteiger partial charge is 0.239 e. The summed E-state index contributed by atoms with van der Waals surface area (Å²) in [5, 5.41) is 14.3. The highest BCUT2D eigenvalue weighted by Crippen LogP contribution is 2.40. The first-order valence-electron chi connectivity index (χ1n) is 8.64. The van der Waals surface area contributed by atoms with Gasteiger partial charge in [-0.2, -0.15) is 0 Å². The summed E-state index contributed by atoms with van der Waals surface area (Å²) in [6.07, 6.45) is 8.18. The fraction of sp³-hybridized carbons (Fsp3) is 0.941. The third-order valence-electron chi connectivity index (χ3n) is 5.56. The minimum absolute atomic E-state index is 0.00474. The number of piperidine rings is 1. The molecule has 1 unspecified atom stereocenters. The first kappa shape index (κ1) is 15.3. The van der Waals surface area contributed by atoms with Crippen molar-refractivity contribution in [3.8, 4) is 0 Å². The molecule has 2 saturated carbocycles. The summed E-state index contributed by atoms with van der Waals surface area (Å²) in [5.41, 5.74) is -0.319. The Balaban J connectivity index is 1.57. The van der Waals surface area contributed by atoms with E-state index in [0.717, 1.165) is 45.1 Å². The maximum Gasteiger partial charge on any atom is 0.239 e. The quantitative estimate of drug-likeness (QED) is 0.834. The lowest BCUT2D eigenvalue weighted by molar-refractivity contribution is -0.142. The van der Waals surface area contributed by atoms with Crippen LogP contribution in [-0.2, 0) is 4.79 Å². The van der Waals surface area contributed by atoms with Gasteiger partial charge in [-0.15, -0.1) is 0 Å². The number of nitrogens with zero attached hydrogens (tertiary/aromatic N) is 1. The molecule has 2 N–H and O–H groups in total. The van der Waals surface area contributed by atoms with E-state index in [1.54, 1.807) is 0 Å². The summed E-state index contributed by atoms with van der Waals surface area (Å²) in [4.78, 5) is 14.5. The van der Waals surface area contributed by atoms with Gasteiger partial charge in [0.05, 0.1) is 11.6 Å². The summed E-state index contributed by atoms with van der Waals surface area (Å²) in [5.74, 6) is 0.214. The van der Waals surface area contributed by atoms with Crippen LogP contribution in [0.2, 0.25) is 0 Å². The molecule has 3 aliphatic rings. The van der Waals surface area contributed by atoms with Crippen molar-refractivity contribution in [1.29, 1.82) is 0 Å². The molecule has 1 amide bonds. The number of carbonyl (C=O) groups is 1. The number of hydrogen-bond donors (Lipinski definition) is 2. The van der Waals surface area contributed by atoms with Crippen LogP contribution < -0.4 is 5.32 Å². The van der Waals surface area contributed by atoms with Crippen LogP contribution in [0, 0.1) is 5.41 Å². The van der Waals surface area contributed by atoms with Crippen LogP contribution in [0.3, 0.4) is 0 Å². The highest BCUT2D eigenvalue weighted by atomic mass is 16.3. The van der Waals surface area contributed by atoms with E-state index in [1.807, 2.05) is 4.90 Å². The van der Waals surface area contributed by atoms with Crippen molar-refractivity contribution in [2.75, 3.05) is 13.1 Å². The number of nitrogens with one attached hydrogen (secondary N) is 1. The largest absolute Gasteiger partial charge is 0.388 e. The highest BCUT2D eigenvalue weighted by molar-refractivity contribution is 5.82. The van der Waals surface area contributed by atoms with Gasteiger partial charge in [-0.3, -0.25) is 4.79 Å². The van der Waals surface area contributed by atoms with E-state index in [4.69, 9.17) is 0 Å². The molecule has 0 aromatic heterocycles. The molecule has 0 bridgehead atoms. The molecule has 120 valence electrons. The summed E-state index contributed by atoms with van der Waals surface area (Å²) in [6.45, 7) is 5.89. The molecule has 4 nitrogen and oxygen atoms in total. The SMILES string of the molecule is CC1(C)CCC(O)(CN2CCCC(NC3CC3)C2=O)CC1. The van der Waals surface area contributed by atoms with E-state index in [2.05, 4.69) is 19.2 Å². The predicted molar refractivity (Wildman–Crippen MR) is 83.0 cm³/mol. The normalized spacial score (nSPS) is 32.2. The van der Waals surface area contributed by atoms with Crippen molar-refractivity contribution in [1.82, 2.24) is 10.2 Å². The first-order valence-corrected chi connectivity index (χ1v) is 8.64. The number of likely N-dealkylation sites (tertiary alicyclic amines) is 1. The minimum atomic E-state index is -0.660. The lowest BCUT2D eigenvalue weighted by Gasteiger charge is -2.44. The Kier molecular flexibility index (Phi) is 4.04. The maximum absolute atomic E-state index is 12.6. The summed E-state index contributed by atoms with van der Waals surface area (Å²) in [7, 11) is 0. The van der Waals surface area contributed by atoms with Crippen molar-refractivity contribution >= 4 is 5.91 Å². The number of aliphatic hydroxyl groups is 1. The fourth-order valence-electron chi connectivity index (χ4n) is 3.69. The van der Waals surface area contributed by atoms with Gasteiger partial charge >= 0.3 is 0 Å². The second-order valence-electron chi connectivity index (χ2n) is 8.28. The second kappa shape index (κ2) is 5.54. The van der Waals surface area contributed by atoms with Gasteiger partial charge in [0, 0.05) is 19.1 Å². The standard InChI is InChI=1S/C17H30N2O2/c1-16(2)7-9-17(21,10-8-16)12-19-11-3-4-14(15(19)20)18-13-5-6-13/h13-14,18,21H,3-12H2,1-2H3. The Morgan fingerprint density at radius 2 is 1.86 bits per heavy atom. The summed E-state index contributed by atoms with van der Waals surface area (Å²) >= 11 is 0. The van der Waals surface area contributed by atoms with E-state index in [-0.39, 0.29) is 11.9 Å². The third kappa shape index (κ3) is 3.78. The van der Waals surface area contributed by atoms with Crippen LogP contribution in [0.1, 0.15) is 65.2 Å². The minimum Gasteiger partial charge on any atom is -0.388 e. The van der Waals surface area contributed by atoms with Crippen molar-refractivity contribution < 1.29 is 9.90 Å². The monoisotopic (exact) mass is 294 g/mol. The van der Waals surface area contributed by atoms with Crippen molar-refractivity contribution in [2.24, 2.45) is 5.41 Å². The fourth-order valence-corrected chi connectivity index (χ4v) is 3.69. The Labute approximate surface area is 128 Å². The van der Waals surface area contributed by atoms with Crippen molar-refractivity contribution in [2.45, 2.75) is 82.9 Å². The van der Waals surface area contributed by atoms with Crippen molar-refractivity contribution in [3.63, 3.8) is 0 Å². The summed E-state index contributed by atoms with van der Waals surface area (Å²) in [6, 6.07) is 0.562. The van der Waals surface area contributed by atoms with Gasteiger partial charge in [0.15, 0.2) is 0 Å². The maximum atomic E-state index is 12.6. The number of amides is 1. The Morgan fingerprint density at radius 3 is 2.48 bits per heavy atom. The van der Waals surface area contributed by atoms with Gasteiger partial charge in [-0.1, -0.05) is 13.8 Å². The molecule has 0 radical (unpaired) electrons. The van der Waals surface area contributed by atoms with E-state index in [0.29, 0.717) is 18.0 Å². The lowest BCUT2D eigenvalue weighted by Crippen LogP contribution is -2.56. The molecule has 21 heavy (non-hydrogen) atoms. The average molecular weight is 294 g/mol. The van der Waals surface area contributed by atoms with Gasteiger partial charge in [-0.05, 0) is 56.8 Å². The Hall–Kier alpha value is -0.610. The molecule has 2 aliphatic carbocycles. The number of hydrogen-bond acceptors (Lipinski definition) is 3. The molecule has 0 aromatic carbocycles. The molecular weight excluding hydrogens is 264 g/mol. The average Bonchev–Trinajstić information content (AvgIpc) is 3.23. The first-order chi connectivity index (χ1) is 9.87. The molecule has 0 aromatic rings. The second-order valence-corrected chi connectivity index (χ2v) is 8.28. The zero-order valence-corrected chi connectivity index (χ0v) is 13.5. The number of rotatable bonds is 4. The zero-order chi connectivity index (χ0) is 15.1. The molecule has 4 heteroatoms. The zero-order valence-electron chi connectivity index (χ0n) is 13.5. The Morgan fingerprint density at radius 1 is 1.19 bits per heavy atom. The third-order valence-corrected chi connectivity index (χ3v) is 5.56. The molecule has 0 spiro atoms. The predicted octanol–water partition coefficient (Wildman–Crippen LogP) is 2.06. The number of β-amino-alcohol motifs (C(OH)–C–C–N with tert-alkyl or cyclic N) is 1. The van der Waals surface area contributed by atoms with Gasteiger partial charge in [-0.25, -0.2) is 0 Å². The van der Waals surface area contributed by atoms with E-state index < -0.39 is 5.60 Å². The molecule has 1 saturated heterocycles. The highest BCUT2D eigenvalue weighted by Gasteiger charge is 2.41. The topological polar surface area (TPSA) is 52.6 Å². The van der Waals surface area contributed by atoms with Crippen molar-refractivity contribution in [3.05, 3.63) is 0 Å². The van der Waals surface area contributed by atoms with Crippen LogP contribution in [0.25, 0.3) is 0 Å². The van der Waals surface area contributed by atoms with Gasteiger partial charge in [0.1, 0.15) is 0 Å². The molecule has 1 aliphatic heterocycles. The number of carbonyl (C=O) groups excluding carboxylic acids is 1. The van der Waals surface area contributed by atoms with E-state index >= 15 is 0 Å². The van der Waals surface area contributed by atoms with Crippen LogP contribution in [0.5, 0.6) is 0 Å². The van der Waals surface area contributed by atoms with Gasteiger partial charge in [0.25, 0.3) is 0 Å². The van der Waals surface area contributed by atoms with E-state index in [1.165, 1.54) is 12.8 Å². The van der Waals surface area contributed by atoms with Crippen LogP contribution >= 0.6 is 0 Å². The van der Waals surface area contributed by atoms with Gasteiger partial charge < -0.3 is 15.3 Å². The molecule has 3 fully saturated rings. The lowest BCUT2D eigenvalue weighted by atomic mass is 9.71. The van der Waals surface area contributed by atoms with E-state index in [9.17, 15) is 9.90 Å². The molecule has 1 atom stereocenters. The summed E-state index contributed by atoms with van der Waals surface area (Å²) < 4.78 is 0. The molecule has 1 heterocycles. The van der Waals surface area contributed by atoms with Gasteiger partial charge in [0.2, 0.25) is 5.91 Å². The van der Waals surface area contributed by atoms with Crippen LogP contribution in [0.15, 0.2) is 0 Å². The van der Waals surface area contributed by atoms with Crippen LogP contribution in [-0.4, -0.2) is 46.7 Å². The molecule has 3 rings (SSSR count). The Bertz CT molecular complexity index is 394.